The van der Waals surface area contributed by atoms with Gasteiger partial charge in [0.15, 0.2) is 0 Å². The van der Waals surface area contributed by atoms with Gasteiger partial charge in [-0.25, -0.2) is 0 Å². The Labute approximate surface area is 197 Å². The number of carbonyl (C=O) groups is 1. The van der Waals surface area contributed by atoms with Crippen LogP contribution in [0.5, 0.6) is 0 Å². The number of pyridine rings is 1. The lowest BCUT2D eigenvalue weighted by molar-refractivity contribution is -0.231. The van der Waals surface area contributed by atoms with Crippen LogP contribution in [-0.2, 0) is 20.7 Å². The van der Waals surface area contributed by atoms with E-state index in [1.54, 1.807) is 0 Å². The van der Waals surface area contributed by atoms with Gasteiger partial charge in [0.05, 0.1) is 13.2 Å². The molecule has 1 aromatic heterocycles. The first kappa shape index (κ1) is 30.0. The highest BCUT2D eigenvalue weighted by atomic mass is 79.9. The van der Waals surface area contributed by atoms with Crippen LogP contribution in [0.25, 0.3) is 0 Å². The van der Waals surface area contributed by atoms with Crippen molar-refractivity contribution in [2.45, 2.75) is 72.8 Å². The van der Waals surface area contributed by atoms with Gasteiger partial charge in [-0.1, -0.05) is 34.6 Å². The van der Waals surface area contributed by atoms with E-state index in [0.29, 0.717) is 5.92 Å². The minimum absolute atomic E-state index is 0.0366. The molecule has 0 radical (unpaired) electrons. The van der Waals surface area contributed by atoms with Crippen molar-refractivity contribution in [3.8, 4) is 0 Å². The van der Waals surface area contributed by atoms with Gasteiger partial charge in [-0.05, 0) is 85.1 Å². The highest BCUT2D eigenvalue weighted by molar-refractivity contribution is 9.10. The van der Waals surface area contributed by atoms with Crippen molar-refractivity contribution in [1.29, 1.82) is 0 Å². The highest BCUT2D eigenvalue weighted by Gasteiger charge is 2.42. The molecule has 31 heavy (non-hydrogen) atoms. The van der Waals surface area contributed by atoms with Crippen LogP contribution in [0.2, 0.25) is 0 Å². The number of rotatable bonds is 6. The molecule has 180 valence electrons. The smallest absolute Gasteiger partial charge is 0.290 e. The fraction of sp³-hybridized carbons (Fsp3) is 0.750. The summed E-state index contributed by atoms with van der Waals surface area (Å²) in [5.41, 5.74) is 2.48. The van der Waals surface area contributed by atoms with Gasteiger partial charge in [0.2, 0.25) is 0 Å². The van der Waals surface area contributed by atoms with Gasteiger partial charge in [-0.3, -0.25) is 9.78 Å². The molecule has 2 aliphatic rings. The number of nitrogens with one attached hydrogen (secondary N) is 1. The molecule has 3 heterocycles. The molecule has 0 aliphatic carbocycles. The SMILES string of the molecule is C1CCNC1.CC(C)CCOC1(C(C)C)COC1.CCc1ncc(Br)cc1C.O=CO. The molecule has 7 heteroatoms. The van der Waals surface area contributed by atoms with Crippen molar-refractivity contribution in [1.82, 2.24) is 10.3 Å². The minimum atomic E-state index is -0.250. The number of aryl methyl sites for hydroxylation is 2. The zero-order valence-electron chi connectivity index (χ0n) is 20.2. The second-order valence-electron chi connectivity index (χ2n) is 8.58. The summed E-state index contributed by atoms with van der Waals surface area (Å²) in [7, 11) is 0. The summed E-state index contributed by atoms with van der Waals surface area (Å²) in [6.07, 6.45) is 6.78. The first-order valence-corrected chi connectivity index (χ1v) is 12.1. The summed E-state index contributed by atoms with van der Waals surface area (Å²) in [5, 5.41) is 10.1. The molecule has 6 nitrogen and oxygen atoms in total. The molecule has 2 saturated heterocycles. The first-order valence-electron chi connectivity index (χ1n) is 11.3. The van der Waals surface area contributed by atoms with Crippen molar-refractivity contribution in [3.63, 3.8) is 0 Å². The number of aromatic nitrogens is 1. The Hall–Kier alpha value is -1.02. The Morgan fingerprint density at radius 3 is 2.19 bits per heavy atom. The molecule has 2 N–H and O–H groups in total. The van der Waals surface area contributed by atoms with Crippen molar-refractivity contribution in [2.24, 2.45) is 11.8 Å². The Kier molecular flexibility index (Phi) is 16.9. The maximum Gasteiger partial charge on any atom is 0.290 e. The number of carboxylic acid groups (broad SMARTS) is 1. The average molecular weight is 504 g/mol. The van der Waals surface area contributed by atoms with E-state index in [-0.39, 0.29) is 12.1 Å². The lowest BCUT2D eigenvalue weighted by Gasteiger charge is -2.44. The maximum atomic E-state index is 8.36. The fourth-order valence-electron chi connectivity index (χ4n) is 2.95. The average Bonchev–Trinajstić information content (AvgIpc) is 3.25. The molecule has 3 rings (SSSR count). The van der Waals surface area contributed by atoms with Gasteiger partial charge in [-0.15, -0.1) is 0 Å². The molecule has 1 aromatic rings. The Bertz CT molecular complexity index is 581. The van der Waals surface area contributed by atoms with Crippen molar-refractivity contribution < 1.29 is 19.4 Å². The summed E-state index contributed by atoms with van der Waals surface area (Å²) < 4.78 is 12.2. The van der Waals surface area contributed by atoms with Gasteiger partial charge >= 0.3 is 0 Å². The molecule has 0 saturated carbocycles. The van der Waals surface area contributed by atoms with Gasteiger partial charge in [0.1, 0.15) is 5.60 Å². The van der Waals surface area contributed by atoms with Crippen LogP contribution in [0, 0.1) is 18.8 Å². The van der Waals surface area contributed by atoms with E-state index in [1.807, 2.05) is 6.20 Å². The Morgan fingerprint density at radius 2 is 1.87 bits per heavy atom. The quantitative estimate of drug-likeness (QED) is 0.516. The predicted octanol–water partition coefficient (Wildman–Crippen LogP) is 5.26. The molecule has 0 amide bonds. The van der Waals surface area contributed by atoms with Crippen LogP contribution >= 0.6 is 15.9 Å². The zero-order valence-corrected chi connectivity index (χ0v) is 21.8. The zero-order chi connectivity index (χ0) is 23.7. The third-order valence-corrected chi connectivity index (χ3v) is 5.71. The molecule has 0 bridgehead atoms. The van der Waals surface area contributed by atoms with E-state index in [0.717, 1.165) is 43.1 Å². The molecular formula is C24H43BrN2O4. The fourth-order valence-corrected chi connectivity index (χ4v) is 3.39. The topological polar surface area (TPSA) is 80.7 Å². The molecule has 0 spiro atoms. The number of halogens is 1. The van der Waals surface area contributed by atoms with Crippen molar-refractivity contribution in [3.05, 3.63) is 28.0 Å². The number of ether oxygens (including phenoxy) is 2. The van der Waals surface area contributed by atoms with Gasteiger partial charge in [0.25, 0.3) is 6.47 Å². The minimum Gasteiger partial charge on any atom is -0.483 e. The van der Waals surface area contributed by atoms with Gasteiger partial charge < -0.3 is 19.9 Å². The summed E-state index contributed by atoms with van der Waals surface area (Å²) in [6.45, 7) is 17.7. The standard InChI is InChI=1S/C11H22O2.C8H10BrN.C4H9N.CH2O2/c1-9(2)5-6-13-11(10(3)4)7-12-8-11;1-3-8-6(2)4-7(9)5-10-8;1-2-4-5-3-1;2-1-3/h9-10H,5-8H2,1-4H3;4-5H,3H2,1-2H3;5H,1-4H2;1H,(H,2,3). The van der Waals surface area contributed by atoms with Crippen molar-refractivity contribution >= 4 is 22.4 Å². The first-order chi connectivity index (χ1) is 14.7. The Morgan fingerprint density at radius 1 is 1.29 bits per heavy atom. The third-order valence-electron chi connectivity index (χ3n) is 5.27. The maximum absolute atomic E-state index is 8.36. The van der Waals surface area contributed by atoms with E-state index in [2.05, 4.69) is 73.8 Å². The van der Waals surface area contributed by atoms with Crippen molar-refractivity contribution in [2.75, 3.05) is 32.9 Å². The van der Waals surface area contributed by atoms with Crippen LogP contribution in [0.4, 0.5) is 0 Å². The number of nitrogens with zero attached hydrogens (tertiary/aromatic N) is 1. The van der Waals surface area contributed by atoms with Crippen LogP contribution in [0.1, 0.15) is 65.1 Å². The monoisotopic (exact) mass is 502 g/mol. The normalized spacial score (nSPS) is 16.2. The molecule has 0 aromatic carbocycles. The van der Waals surface area contributed by atoms with Gasteiger partial charge in [-0.2, -0.15) is 0 Å². The van der Waals surface area contributed by atoms with Crippen LogP contribution < -0.4 is 5.32 Å². The molecule has 2 fully saturated rings. The summed E-state index contributed by atoms with van der Waals surface area (Å²) in [5.74, 6) is 1.29. The Balaban J connectivity index is 0.000000439. The van der Waals surface area contributed by atoms with E-state index in [1.165, 1.54) is 37.2 Å². The summed E-state index contributed by atoms with van der Waals surface area (Å²) in [4.78, 5) is 12.6. The van der Waals surface area contributed by atoms with E-state index in [9.17, 15) is 0 Å². The van der Waals surface area contributed by atoms with E-state index in [4.69, 9.17) is 19.4 Å². The van der Waals surface area contributed by atoms with E-state index >= 15 is 0 Å². The lowest BCUT2D eigenvalue weighted by Crippen LogP contribution is -2.56. The summed E-state index contributed by atoms with van der Waals surface area (Å²) in [6, 6.07) is 2.09. The van der Waals surface area contributed by atoms with E-state index < -0.39 is 0 Å². The van der Waals surface area contributed by atoms with Crippen LogP contribution in [0.3, 0.4) is 0 Å². The van der Waals surface area contributed by atoms with Crippen LogP contribution in [0.15, 0.2) is 16.7 Å². The predicted molar refractivity (Wildman–Crippen MR) is 131 cm³/mol. The number of hydrogen-bond donors (Lipinski definition) is 2. The largest absolute Gasteiger partial charge is 0.483 e. The third kappa shape index (κ3) is 13.2. The molecule has 0 atom stereocenters. The molecule has 0 unspecified atom stereocenters. The van der Waals surface area contributed by atoms with Gasteiger partial charge in [0, 0.05) is 23.0 Å². The molecule has 2 aliphatic heterocycles. The molecular weight excluding hydrogens is 460 g/mol. The highest BCUT2D eigenvalue weighted by Crippen LogP contribution is 2.30. The second kappa shape index (κ2) is 17.5. The van der Waals surface area contributed by atoms with Crippen LogP contribution in [-0.4, -0.2) is 55.1 Å². The lowest BCUT2D eigenvalue weighted by atomic mass is 9.88. The number of hydrogen-bond acceptors (Lipinski definition) is 5. The summed E-state index contributed by atoms with van der Waals surface area (Å²) >= 11 is 3.36. The second-order valence-corrected chi connectivity index (χ2v) is 9.49.